The molecule has 0 saturated carbocycles. The summed E-state index contributed by atoms with van der Waals surface area (Å²) in [5.74, 6) is 0. The van der Waals surface area contributed by atoms with Gasteiger partial charge in [-0.15, -0.1) is 0 Å². The van der Waals surface area contributed by atoms with Gasteiger partial charge in [-0.25, -0.2) is 8.42 Å². The first-order valence-electron chi connectivity index (χ1n) is 8.61. The van der Waals surface area contributed by atoms with Crippen molar-refractivity contribution >= 4 is 21.4 Å². The van der Waals surface area contributed by atoms with Crippen molar-refractivity contribution in [3.05, 3.63) is 53.6 Å². The van der Waals surface area contributed by atoms with E-state index in [0.29, 0.717) is 10.6 Å². The first kappa shape index (κ1) is 17.8. The summed E-state index contributed by atoms with van der Waals surface area (Å²) >= 11 is 0. The molecule has 3 rings (SSSR count). The zero-order valence-electron chi connectivity index (χ0n) is 15.0. The van der Waals surface area contributed by atoms with Crippen LogP contribution < -0.4 is 14.5 Å². The quantitative estimate of drug-likeness (QED) is 0.868. The topological polar surface area (TPSA) is 53.9 Å². The van der Waals surface area contributed by atoms with Gasteiger partial charge in [0, 0.05) is 11.4 Å². The van der Waals surface area contributed by atoms with Gasteiger partial charge in [-0.05, 0) is 61.4 Å². The lowest BCUT2D eigenvalue weighted by Gasteiger charge is -2.31. The Labute approximate surface area is 150 Å². The molecule has 1 fully saturated rings. The van der Waals surface area contributed by atoms with Crippen LogP contribution in [0.1, 0.15) is 11.1 Å². The van der Waals surface area contributed by atoms with Gasteiger partial charge in [0.1, 0.15) is 0 Å². The number of anilines is 2. The molecule has 5 nitrogen and oxygen atoms in total. The number of rotatable bonds is 4. The second kappa shape index (κ2) is 7.06. The Balaban J connectivity index is 1.73. The lowest BCUT2D eigenvalue weighted by molar-refractivity contribution is -0.880. The Hall–Kier alpha value is -2.05. The Kier molecular flexibility index (Phi) is 5.01. The lowest BCUT2D eigenvalue weighted by Crippen LogP contribution is -3.12. The van der Waals surface area contributed by atoms with E-state index >= 15 is 0 Å². The highest BCUT2D eigenvalue weighted by atomic mass is 32.2. The van der Waals surface area contributed by atoms with Gasteiger partial charge in [-0.1, -0.05) is 6.07 Å². The molecule has 2 N–H and O–H groups in total. The zero-order chi connectivity index (χ0) is 18.0. The Morgan fingerprint density at radius 2 is 1.60 bits per heavy atom. The maximum Gasteiger partial charge on any atom is 0.261 e. The van der Waals surface area contributed by atoms with Gasteiger partial charge < -0.3 is 9.80 Å². The Morgan fingerprint density at radius 3 is 2.20 bits per heavy atom. The standard InChI is InChI=1S/C19H25N3O2S/c1-15-4-9-19(14-16(15)2)25(23,24)20-17-5-7-18(8-6-17)22-12-10-21(3)11-13-22/h4-9,14,20H,10-13H2,1-3H3/p+1. The second-order valence-electron chi connectivity index (χ2n) is 6.84. The Morgan fingerprint density at radius 1 is 0.960 bits per heavy atom. The third-order valence-corrected chi connectivity index (χ3v) is 6.27. The number of hydrogen-bond acceptors (Lipinski definition) is 3. The second-order valence-corrected chi connectivity index (χ2v) is 8.52. The third-order valence-electron chi connectivity index (χ3n) is 4.89. The van der Waals surface area contributed by atoms with Gasteiger partial charge in [0.15, 0.2) is 0 Å². The van der Waals surface area contributed by atoms with E-state index < -0.39 is 10.0 Å². The number of piperazine rings is 1. The van der Waals surface area contributed by atoms with Crippen LogP contribution in [0.3, 0.4) is 0 Å². The molecule has 0 atom stereocenters. The molecule has 2 aromatic rings. The van der Waals surface area contributed by atoms with E-state index in [4.69, 9.17) is 0 Å². The van der Waals surface area contributed by atoms with E-state index in [1.165, 1.54) is 0 Å². The highest BCUT2D eigenvalue weighted by Gasteiger charge is 2.18. The fourth-order valence-electron chi connectivity index (χ4n) is 2.98. The highest BCUT2D eigenvalue weighted by Crippen LogP contribution is 2.22. The summed E-state index contributed by atoms with van der Waals surface area (Å²) in [6.45, 7) is 8.19. The van der Waals surface area contributed by atoms with Gasteiger partial charge in [-0.2, -0.15) is 0 Å². The van der Waals surface area contributed by atoms with E-state index in [0.717, 1.165) is 43.0 Å². The first-order chi connectivity index (χ1) is 11.8. The van der Waals surface area contributed by atoms with Crippen molar-refractivity contribution in [2.75, 3.05) is 42.8 Å². The molecule has 0 unspecified atom stereocenters. The number of likely N-dealkylation sites (N-methyl/N-ethyl adjacent to an activating group) is 1. The molecule has 0 bridgehead atoms. The summed E-state index contributed by atoms with van der Waals surface area (Å²) in [7, 11) is -1.35. The summed E-state index contributed by atoms with van der Waals surface area (Å²) in [4.78, 5) is 4.19. The molecule has 0 spiro atoms. The first-order valence-corrected chi connectivity index (χ1v) is 10.1. The van der Waals surface area contributed by atoms with Gasteiger partial charge in [0.2, 0.25) is 0 Å². The van der Waals surface area contributed by atoms with E-state index in [-0.39, 0.29) is 0 Å². The summed E-state index contributed by atoms with van der Waals surface area (Å²) < 4.78 is 27.8. The van der Waals surface area contributed by atoms with Gasteiger partial charge >= 0.3 is 0 Å². The van der Waals surface area contributed by atoms with Crippen molar-refractivity contribution in [2.24, 2.45) is 0 Å². The number of aryl methyl sites for hydroxylation is 2. The van der Waals surface area contributed by atoms with Crippen LogP contribution in [0.25, 0.3) is 0 Å². The monoisotopic (exact) mass is 360 g/mol. The predicted molar refractivity (Wildman–Crippen MR) is 102 cm³/mol. The molecule has 0 amide bonds. The number of quaternary nitrogens is 1. The smallest absolute Gasteiger partial charge is 0.261 e. The summed E-state index contributed by atoms with van der Waals surface area (Å²) in [5, 5.41) is 0. The molecule has 6 heteroatoms. The van der Waals surface area contributed by atoms with E-state index in [9.17, 15) is 8.42 Å². The summed E-state index contributed by atoms with van der Waals surface area (Å²) in [5.41, 5.74) is 3.77. The van der Waals surface area contributed by atoms with Crippen molar-refractivity contribution in [1.29, 1.82) is 0 Å². The van der Waals surface area contributed by atoms with Crippen molar-refractivity contribution in [2.45, 2.75) is 18.7 Å². The van der Waals surface area contributed by atoms with E-state index in [1.807, 2.05) is 44.2 Å². The molecule has 1 aliphatic heterocycles. The minimum absolute atomic E-state index is 0.293. The van der Waals surface area contributed by atoms with Crippen LogP contribution in [0.4, 0.5) is 11.4 Å². The molecule has 25 heavy (non-hydrogen) atoms. The van der Waals surface area contributed by atoms with Gasteiger partial charge in [0.25, 0.3) is 10.0 Å². The number of benzene rings is 2. The average Bonchev–Trinajstić information content (AvgIpc) is 2.58. The van der Waals surface area contributed by atoms with Gasteiger partial charge in [0.05, 0.1) is 38.1 Å². The number of nitrogens with one attached hydrogen (secondary N) is 2. The van der Waals surface area contributed by atoms with Crippen LogP contribution in [0.2, 0.25) is 0 Å². The molecule has 1 saturated heterocycles. The number of hydrogen-bond donors (Lipinski definition) is 2. The fraction of sp³-hybridized carbons (Fsp3) is 0.368. The van der Waals surface area contributed by atoms with E-state index in [1.54, 1.807) is 17.0 Å². The minimum Gasteiger partial charge on any atom is -0.360 e. The molecule has 0 radical (unpaired) electrons. The van der Waals surface area contributed by atoms with Crippen molar-refractivity contribution in [3.8, 4) is 0 Å². The molecule has 2 aromatic carbocycles. The molecular weight excluding hydrogens is 334 g/mol. The summed E-state index contributed by atoms with van der Waals surface area (Å²) in [6.07, 6.45) is 0. The molecule has 1 aliphatic rings. The maximum atomic E-state index is 12.6. The van der Waals surface area contributed by atoms with Crippen LogP contribution in [0.15, 0.2) is 47.4 Å². The molecule has 0 aromatic heterocycles. The number of nitrogens with zero attached hydrogens (tertiary/aromatic N) is 1. The van der Waals surface area contributed by atoms with E-state index in [2.05, 4.69) is 16.7 Å². The molecular formula is C19H26N3O2S+. The van der Waals surface area contributed by atoms with Crippen molar-refractivity contribution < 1.29 is 13.3 Å². The van der Waals surface area contributed by atoms with Crippen LogP contribution in [0, 0.1) is 13.8 Å². The molecule has 134 valence electrons. The average molecular weight is 361 g/mol. The SMILES string of the molecule is Cc1ccc(S(=O)(=O)Nc2ccc(N3CC[NH+](C)CC3)cc2)cc1C. The van der Waals surface area contributed by atoms with Crippen LogP contribution in [-0.4, -0.2) is 41.6 Å². The predicted octanol–water partition coefficient (Wildman–Crippen LogP) is 1.44. The van der Waals surface area contributed by atoms with Crippen molar-refractivity contribution in [1.82, 2.24) is 0 Å². The molecule has 0 aliphatic carbocycles. The number of sulfonamides is 1. The Bertz CT molecular complexity index is 839. The van der Waals surface area contributed by atoms with Crippen LogP contribution >= 0.6 is 0 Å². The normalized spacial score (nSPS) is 16.0. The van der Waals surface area contributed by atoms with Gasteiger partial charge in [-0.3, -0.25) is 4.72 Å². The van der Waals surface area contributed by atoms with Crippen LogP contribution in [0.5, 0.6) is 0 Å². The zero-order valence-corrected chi connectivity index (χ0v) is 15.9. The fourth-order valence-corrected chi connectivity index (χ4v) is 4.13. The lowest BCUT2D eigenvalue weighted by atomic mass is 10.1. The highest BCUT2D eigenvalue weighted by molar-refractivity contribution is 7.92. The third kappa shape index (κ3) is 4.14. The summed E-state index contributed by atoms with van der Waals surface area (Å²) in [6, 6.07) is 12.8. The minimum atomic E-state index is -3.56. The largest absolute Gasteiger partial charge is 0.360 e. The van der Waals surface area contributed by atoms with Crippen molar-refractivity contribution in [3.63, 3.8) is 0 Å². The molecule has 1 heterocycles. The maximum absolute atomic E-state index is 12.6. The van der Waals surface area contributed by atoms with Crippen LogP contribution in [-0.2, 0) is 10.0 Å².